The molecule has 1 aliphatic carbocycles. The van der Waals surface area contributed by atoms with Gasteiger partial charge in [0, 0.05) is 48.8 Å². The Kier molecular flexibility index (Phi) is 6.49. The highest BCUT2D eigenvalue weighted by Crippen LogP contribution is 2.37. The Morgan fingerprint density at radius 2 is 1.90 bits per heavy atom. The molecule has 1 aliphatic rings. The average Bonchev–Trinajstić information content (AvgIpc) is 3.40. The molecule has 0 saturated heterocycles. The van der Waals surface area contributed by atoms with Gasteiger partial charge in [-0.2, -0.15) is 0 Å². The van der Waals surface area contributed by atoms with Gasteiger partial charge in [-0.05, 0) is 62.1 Å². The van der Waals surface area contributed by atoms with Crippen molar-refractivity contribution in [3.8, 4) is 22.5 Å². The van der Waals surface area contributed by atoms with Crippen molar-refractivity contribution in [3.63, 3.8) is 0 Å². The minimum Gasteiger partial charge on any atom is -0.459 e. The van der Waals surface area contributed by atoms with Crippen molar-refractivity contribution in [3.05, 3.63) is 65.7 Å². The number of methoxy groups -OCH3 is 1. The second kappa shape index (κ2) is 9.45. The standard InChI is InChI=1S/C25H29N3O3/c1-17(2)28(12-13-30-3)16-21-15-23(18-8-10-26-11-9-18)25(31-21)20-4-6-22-19(14-20)5-7-24(22)27-29/h4,6,8-11,14-15,17,29H,5,7,12-13,16H2,1-3H3. The number of rotatable bonds is 8. The van der Waals surface area contributed by atoms with E-state index in [-0.39, 0.29) is 0 Å². The number of pyridine rings is 1. The van der Waals surface area contributed by atoms with Gasteiger partial charge in [0.15, 0.2) is 0 Å². The van der Waals surface area contributed by atoms with Crippen molar-refractivity contribution in [1.82, 2.24) is 9.88 Å². The molecule has 2 heterocycles. The molecule has 4 rings (SSSR count). The summed E-state index contributed by atoms with van der Waals surface area (Å²) in [4.78, 5) is 6.50. The lowest BCUT2D eigenvalue weighted by atomic mass is 9.99. The summed E-state index contributed by atoms with van der Waals surface area (Å²) in [5.41, 5.74) is 6.13. The molecule has 6 heteroatoms. The van der Waals surface area contributed by atoms with E-state index < -0.39 is 0 Å². The fraction of sp³-hybridized carbons (Fsp3) is 0.360. The van der Waals surface area contributed by atoms with Crippen molar-refractivity contribution in [2.45, 2.75) is 39.3 Å². The van der Waals surface area contributed by atoms with Crippen LogP contribution >= 0.6 is 0 Å². The number of benzene rings is 1. The summed E-state index contributed by atoms with van der Waals surface area (Å²) in [7, 11) is 1.73. The Labute approximate surface area is 183 Å². The van der Waals surface area contributed by atoms with Crippen molar-refractivity contribution in [1.29, 1.82) is 0 Å². The Morgan fingerprint density at radius 3 is 2.61 bits per heavy atom. The van der Waals surface area contributed by atoms with Gasteiger partial charge in [-0.1, -0.05) is 17.3 Å². The fourth-order valence-corrected chi connectivity index (χ4v) is 4.12. The molecule has 3 aromatic rings. The van der Waals surface area contributed by atoms with Crippen LogP contribution in [-0.2, 0) is 17.7 Å². The van der Waals surface area contributed by atoms with E-state index in [1.54, 1.807) is 19.5 Å². The molecule has 0 unspecified atom stereocenters. The summed E-state index contributed by atoms with van der Waals surface area (Å²) in [6, 6.07) is 12.8. The molecule has 1 aromatic carbocycles. The van der Waals surface area contributed by atoms with Gasteiger partial charge in [-0.15, -0.1) is 0 Å². The van der Waals surface area contributed by atoms with E-state index in [0.717, 1.165) is 58.9 Å². The summed E-state index contributed by atoms with van der Waals surface area (Å²) < 4.78 is 11.7. The Bertz CT molecular complexity index is 1060. The van der Waals surface area contributed by atoms with Gasteiger partial charge in [-0.3, -0.25) is 9.88 Å². The third kappa shape index (κ3) is 4.55. The second-order valence-electron chi connectivity index (χ2n) is 8.17. The molecule has 0 radical (unpaired) electrons. The van der Waals surface area contributed by atoms with Gasteiger partial charge in [0.25, 0.3) is 0 Å². The molecule has 0 bridgehead atoms. The molecule has 0 aliphatic heterocycles. The van der Waals surface area contributed by atoms with Gasteiger partial charge in [-0.25, -0.2) is 0 Å². The monoisotopic (exact) mass is 419 g/mol. The van der Waals surface area contributed by atoms with Crippen LogP contribution < -0.4 is 0 Å². The van der Waals surface area contributed by atoms with Crippen LogP contribution in [0.25, 0.3) is 22.5 Å². The predicted molar refractivity (Wildman–Crippen MR) is 121 cm³/mol. The molecule has 2 aromatic heterocycles. The number of aromatic nitrogens is 1. The van der Waals surface area contributed by atoms with Crippen molar-refractivity contribution >= 4 is 5.71 Å². The second-order valence-corrected chi connectivity index (χ2v) is 8.17. The lowest BCUT2D eigenvalue weighted by Gasteiger charge is -2.24. The molecule has 31 heavy (non-hydrogen) atoms. The van der Waals surface area contributed by atoms with Gasteiger partial charge >= 0.3 is 0 Å². The molecule has 0 amide bonds. The smallest absolute Gasteiger partial charge is 0.142 e. The van der Waals surface area contributed by atoms with E-state index in [1.807, 2.05) is 24.3 Å². The zero-order valence-electron chi connectivity index (χ0n) is 18.3. The molecule has 0 spiro atoms. The zero-order valence-corrected chi connectivity index (χ0v) is 18.3. The minimum atomic E-state index is 0.379. The van der Waals surface area contributed by atoms with Crippen LogP contribution in [0, 0.1) is 0 Å². The maximum atomic E-state index is 9.24. The summed E-state index contributed by atoms with van der Waals surface area (Å²) >= 11 is 0. The van der Waals surface area contributed by atoms with Crippen LogP contribution in [0.2, 0.25) is 0 Å². The van der Waals surface area contributed by atoms with Crippen LogP contribution in [0.15, 0.2) is 58.4 Å². The first-order valence-corrected chi connectivity index (χ1v) is 10.7. The number of fused-ring (bicyclic) bond motifs is 1. The predicted octanol–water partition coefficient (Wildman–Crippen LogP) is 4.99. The van der Waals surface area contributed by atoms with Gasteiger partial charge < -0.3 is 14.4 Å². The van der Waals surface area contributed by atoms with Gasteiger partial charge in [0.05, 0.1) is 18.9 Å². The maximum Gasteiger partial charge on any atom is 0.142 e. The zero-order chi connectivity index (χ0) is 21.8. The normalized spacial score (nSPS) is 14.7. The molecule has 162 valence electrons. The molecular formula is C25H29N3O3. The fourth-order valence-electron chi connectivity index (χ4n) is 4.12. The summed E-state index contributed by atoms with van der Waals surface area (Å²) in [6.07, 6.45) is 5.24. The lowest BCUT2D eigenvalue weighted by Crippen LogP contribution is -2.33. The Hall–Kier alpha value is -2.96. The van der Waals surface area contributed by atoms with Crippen LogP contribution in [0.3, 0.4) is 0 Å². The number of hydrogen-bond donors (Lipinski definition) is 1. The topological polar surface area (TPSA) is 71.1 Å². The highest BCUT2D eigenvalue weighted by Gasteiger charge is 2.22. The average molecular weight is 420 g/mol. The largest absolute Gasteiger partial charge is 0.459 e. The molecule has 0 saturated carbocycles. The van der Waals surface area contributed by atoms with Crippen LogP contribution in [0.4, 0.5) is 0 Å². The summed E-state index contributed by atoms with van der Waals surface area (Å²) in [6.45, 7) is 6.61. The van der Waals surface area contributed by atoms with E-state index in [2.05, 4.69) is 41.0 Å². The SMILES string of the molecule is COCCN(Cc1cc(-c2ccncc2)c(-c2ccc3c(c2)CCC3=NO)o1)C(C)C. The highest BCUT2D eigenvalue weighted by molar-refractivity contribution is 6.04. The molecular weight excluding hydrogens is 390 g/mol. The van der Waals surface area contributed by atoms with Crippen LogP contribution in [0.5, 0.6) is 0 Å². The van der Waals surface area contributed by atoms with Crippen molar-refractivity contribution in [2.24, 2.45) is 5.16 Å². The summed E-state index contributed by atoms with van der Waals surface area (Å²) in [5.74, 6) is 1.78. The van der Waals surface area contributed by atoms with E-state index in [0.29, 0.717) is 19.2 Å². The molecule has 0 atom stereocenters. The van der Waals surface area contributed by atoms with Gasteiger partial charge in [0.1, 0.15) is 11.5 Å². The first kappa shape index (κ1) is 21.3. The number of aryl methyl sites for hydroxylation is 1. The number of oxime groups is 1. The first-order chi connectivity index (χ1) is 15.1. The van der Waals surface area contributed by atoms with Crippen LogP contribution in [0.1, 0.15) is 37.2 Å². The number of furan rings is 1. The third-order valence-corrected chi connectivity index (χ3v) is 5.88. The number of nitrogens with zero attached hydrogens (tertiary/aromatic N) is 3. The molecule has 6 nitrogen and oxygen atoms in total. The molecule has 0 fully saturated rings. The first-order valence-electron chi connectivity index (χ1n) is 10.7. The minimum absolute atomic E-state index is 0.379. The lowest BCUT2D eigenvalue weighted by molar-refractivity contribution is 0.119. The summed E-state index contributed by atoms with van der Waals surface area (Å²) in [5, 5.41) is 12.7. The van der Waals surface area contributed by atoms with E-state index in [4.69, 9.17) is 9.15 Å². The van der Waals surface area contributed by atoms with Crippen molar-refractivity contribution < 1.29 is 14.4 Å². The van der Waals surface area contributed by atoms with E-state index >= 15 is 0 Å². The number of hydrogen-bond acceptors (Lipinski definition) is 6. The quantitative estimate of drug-likeness (QED) is 0.411. The van der Waals surface area contributed by atoms with Crippen LogP contribution in [-0.4, -0.2) is 47.1 Å². The van der Waals surface area contributed by atoms with Gasteiger partial charge in [0.2, 0.25) is 0 Å². The molecule has 1 N–H and O–H groups in total. The van der Waals surface area contributed by atoms with Crippen molar-refractivity contribution in [2.75, 3.05) is 20.3 Å². The van der Waals surface area contributed by atoms with E-state index in [1.165, 1.54) is 5.56 Å². The Balaban J connectivity index is 1.73. The Morgan fingerprint density at radius 1 is 1.10 bits per heavy atom. The number of ether oxygens (including phenoxy) is 1. The maximum absolute atomic E-state index is 9.24. The highest BCUT2D eigenvalue weighted by atomic mass is 16.5. The van der Waals surface area contributed by atoms with E-state index in [9.17, 15) is 5.21 Å². The third-order valence-electron chi connectivity index (χ3n) is 5.88.